The SMILES string of the molecule is Cn1c(-c2ccc(F)cc2Cl)nnc1C(C)(C)Oc1c(F)cc(F)cc1F. The normalized spacial score (nSPS) is 11.7. The zero-order valence-corrected chi connectivity index (χ0v) is 15.3. The summed E-state index contributed by atoms with van der Waals surface area (Å²) in [5.74, 6) is -4.10. The summed E-state index contributed by atoms with van der Waals surface area (Å²) in [5, 5.41) is 8.17. The van der Waals surface area contributed by atoms with Crippen molar-refractivity contribution >= 4 is 11.6 Å². The maximum atomic E-state index is 13.9. The lowest BCUT2D eigenvalue weighted by molar-refractivity contribution is 0.0833. The topological polar surface area (TPSA) is 39.9 Å². The molecule has 1 aromatic heterocycles. The number of aromatic nitrogens is 3. The van der Waals surface area contributed by atoms with Gasteiger partial charge in [-0.25, -0.2) is 17.6 Å². The Morgan fingerprint density at radius 1 is 0.963 bits per heavy atom. The summed E-state index contributed by atoms with van der Waals surface area (Å²) in [5.41, 5.74) is -0.902. The van der Waals surface area contributed by atoms with Crippen LogP contribution < -0.4 is 4.74 Å². The van der Waals surface area contributed by atoms with Crippen LogP contribution in [0, 0.1) is 23.3 Å². The average Bonchev–Trinajstić information content (AvgIpc) is 2.93. The molecule has 0 N–H and O–H groups in total. The molecule has 2 aromatic carbocycles. The van der Waals surface area contributed by atoms with Crippen LogP contribution in [0.25, 0.3) is 11.4 Å². The van der Waals surface area contributed by atoms with E-state index >= 15 is 0 Å². The van der Waals surface area contributed by atoms with Crippen LogP contribution in [0.5, 0.6) is 5.75 Å². The number of halogens is 5. The molecule has 0 fully saturated rings. The fourth-order valence-corrected chi connectivity index (χ4v) is 2.94. The molecule has 0 amide bonds. The summed E-state index contributed by atoms with van der Waals surface area (Å²) < 4.78 is 61.1. The zero-order valence-electron chi connectivity index (χ0n) is 14.5. The lowest BCUT2D eigenvalue weighted by Gasteiger charge is -2.26. The van der Waals surface area contributed by atoms with E-state index in [1.54, 1.807) is 7.05 Å². The Labute approximate surface area is 157 Å². The Morgan fingerprint density at radius 2 is 1.59 bits per heavy atom. The summed E-state index contributed by atoms with van der Waals surface area (Å²) in [4.78, 5) is 0. The summed E-state index contributed by atoms with van der Waals surface area (Å²) >= 11 is 6.06. The van der Waals surface area contributed by atoms with E-state index < -0.39 is 34.6 Å². The van der Waals surface area contributed by atoms with Gasteiger partial charge >= 0.3 is 0 Å². The van der Waals surface area contributed by atoms with Gasteiger partial charge in [-0.3, -0.25) is 0 Å². The van der Waals surface area contributed by atoms with Gasteiger partial charge in [0, 0.05) is 24.7 Å². The summed E-state index contributed by atoms with van der Waals surface area (Å²) in [6.45, 7) is 3.05. The molecule has 4 nitrogen and oxygen atoms in total. The Balaban J connectivity index is 2.00. The van der Waals surface area contributed by atoms with Gasteiger partial charge in [0.2, 0.25) is 0 Å². The highest BCUT2D eigenvalue weighted by molar-refractivity contribution is 6.33. The van der Waals surface area contributed by atoms with Crippen molar-refractivity contribution in [2.45, 2.75) is 19.4 Å². The quantitative estimate of drug-likeness (QED) is 0.579. The molecule has 0 saturated carbocycles. The second-order valence-corrected chi connectivity index (χ2v) is 6.75. The van der Waals surface area contributed by atoms with E-state index in [1.807, 2.05) is 0 Å². The Hall–Kier alpha value is -2.61. The van der Waals surface area contributed by atoms with Crippen molar-refractivity contribution in [3.8, 4) is 17.1 Å². The third kappa shape index (κ3) is 3.62. The molecular weight excluding hydrogens is 386 g/mol. The van der Waals surface area contributed by atoms with E-state index in [-0.39, 0.29) is 10.8 Å². The van der Waals surface area contributed by atoms with Crippen molar-refractivity contribution in [3.63, 3.8) is 0 Å². The molecular formula is C18H14ClF4N3O. The molecule has 0 radical (unpaired) electrons. The maximum absolute atomic E-state index is 13.9. The van der Waals surface area contributed by atoms with Crippen molar-refractivity contribution < 1.29 is 22.3 Å². The highest BCUT2D eigenvalue weighted by Gasteiger charge is 2.32. The van der Waals surface area contributed by atoms with E-state index in [1.165, 1.54) is 30.5 Å². The van der Waals surface area contributed by atoms with Gasteiger partial charge in [0.25, 0.3) is 0 Å². The van der Waals surface area contributed by atoms with E-state index in [2.05, 4.69) is 10.2 Å². The van der Waals surface area contributed by atoms with Crippen molar-refractivity contribution in [1.82, 2.24) is 14.8 Å². The molecule has 3 rings (SSSR count). The highest BCUT2D eigenvalue weighted by atomic mass is 35.5. The molecule has 142 valence electrons. The molecule has 0 bridgehead atoms. The van der Waals surface area contributed by atoms with E-state index in [0.29, 0.717) is 23.5 Å². The molecule has 0 saturated heterocycles. The van der Waals surface area contributed by atoms with Crippen LogP contribution in [0.4, 0.5) is 17.6 Å². The molecule has 1 heterocycles. The molecule has 0 spiro atoms. The predicted molar refractivity (Wildman–Crippen MR) is 91.4 cm³/mol. The van der Waals surface area contributed by atoms with Gasteiger partial charge in [-0.05, 0) is 32.0 Å². The van der Waals surface area contributed by atoms with Crippen LogP contribution >= 0.6 is 11.6 Å². The number of hydrogen-bond donors (Lipinski definition) is 0. The molecule has 0 aliphatic heterocycles. The monoisotopic (exact) mass is 399 g/mol. The Morgan fingerprint density at radius 3 is 2.19 bits per heavy atom. The lowest BCUT2D eigenvalue weighted by atomic mass is 10.1. The molecule has 27 heavy (non-hydrogen) atoms. The van der Waals surface area contributed by atoms with Crippen molar-refractivity contribution in [3.05, 3.63) is 64.4 Å². The number of nitrogens with zero attached hydrogens (tertiary/aromatic N) is 3. The van der Waals surface area contributed by atoms with Gasteiger partial charge in [-0.1, -0.05) is 11.6 Å². The summed E-state index contributed by atoms with van der Waals surface area (Å²) in [7, 11) is 1.60. The van der Waals surface area contributed by atoms with Crippen molar-refractivity contribution in [1.29, 1.82) is 0 Å². The van der Waals surface area contributed by atoms with Crippen molar-refractivity contribution in [2.24, 2.45) is 7.05 Å². The predicted octanol–water partition coefficient (Wildman–Crippen LogP) is 5.01. The minimum absolute atomic E-state index is 0.131. The fraction of sp³-hybridized carbons (Fsp3) is 0.222. The number of hydrogen-bond acceptors (Lipinski definition) is 3. The minimum Gasteiger partial charge on any atom is -0.474 e. The zero-order chi connectivity index (χ0) is 19.9. The second-order valence-electron chi connectivity index (χ2n) is 6.34. The minimum atomic E-state index is -1.33. The third-order valence-corrected chi connectivity index (χ3v) is 4.22. The van der Waals surface area contributed by atoms with Crippen LogP contribution in [0.1, 0.15) is 19.7 Å². The summed E-state index contributed by atoms with van der Waals surface area (Å²) in [6.07, 6.45) is 0. The first kappa shape index (κ1) is 19.2. The number of benzene rings is 2. The van der Waals surface area contributed by atoms with Crippen LogP contribution in [0.3, 0.4) is 0 Å². The second kappa shape index (κ2) is 6.84. The molecule has 0 aliphatic rings. The van der Waals surface area contributed by atoms with Crippen LogP contribution in [-0.2, 0) is 12.6 Å². The van der Waals surface area contributed by atoms with Crippen LogP contribution in [0.2, 0.25) is 5.02 Å². The average molecular weight is 400 g/mol. The molecule has 9 heteroatoms. The molecule has 3 aromatic rings. The largest absolute Gasteiger partial charge is 0.474 e. The molecule has 0 atom stereocenters. The van der Waals surface area contributed by atoms with Crippen LogP contribution in [-0.4, -0.2) is 14.8 Å². The van der Waals surface area contributed by atoms with Gasteiger partial charge < -0.3 is 9.30 Å². The molecule has 0 unspecified atom stereocenters. The van der Waals surface area contributed by atoms with E-state index in [9.17, 15) is 17.6 Å². The summed E-state index contributed by atoms with van der Waals surface area (Å²) in [6, 6.07) is 4.85. The highest BCUT2D eigenvalue weighted by Crippen LogP contribution is 2.33. The van der Waals surface area contributed by atoms with E-state index in [4.69, 9.17) is 16.3 Å². The smallest absolute Gasteiger partial charge is 0.192 e. The lowest BCUT2D eigenvalue weighted by Crippen LogP contribution is -2.30. The van der Waals surface area contributed by atoms with Crippen LogP contribution in [0.15, 0.2) is 30.3 Å². The third-order valence-electron chi connectivity index (χ3n) is 3.91. The number of ether oxygens (including phenoxy) is 1. The first-order valence-corrected chi connectivity index (χ1v) is 8.17. The fourth-order valence-electron chi connectivity index (χ4n) is 2.69. The first-order chi connectivity index (χ1) is 12.6. The van der Waals surface area contributed by atoms with Gasteiger partial charge in [-0.2, -0.15) is 0 Å². The number of rotatable bonds is 4. The standard InChI is InChI=1S/C18H14ClF4N3O/c1-18(2,27-15-13(22)7-10(21)8-14(15)23)17-25-24-16(26(17)3)11-5-4-9(20)6-12(11)19/h4-8H,1-3H3. The van der Waals surface area contributed by atoms with Gasteiger partial charge in [0.1, 0.15) is 11.6 Å². The first-order valence-electron chi connectivity index (χ1n) is 7.79. The Bertz CT molecular complexity index is 997. The van der Waals surface area contributed by atoms with Gasteiger partial charge in [-0.15, -0.1) is 10.2 Å². The van der Waals surface area contributed by atoms with Gasteiger partial charge in [0.15, 0.2) is 34.6 Å². The van der Waals surface area contributed by atoms with Crippen molar-refractivity contribution in [2.75, 3.05) is 0 Å². The van der Waals surface area contributed by atoms with Gasteiger partial charge in [0.05, 0.1) is 5.02 Å². The Kier molecular flexibility index (Phi) is 4.86. The maximum Gasteiger partial charge on any atom is 0.192 e. The molecule has 0 aliphatic carbocycles. The van der Waals surface area contributed by atoms with E-state index in [0.717, 1.165) is 6.07 Å².